The summed E-state index contributed by atoms with van der Waals surface area (Å²) >= 11 is 0. The summed E-state index contributed by atoms with van der Waals surface area (Å²) < 4.78 is 5.04. The Labute approximate surface area is 117 Å². The van der Waals surface area contributed by atoms with E-state index in [2.05, 4.69) is 5.32 Å². The van der Waals surface area contributed by atoms with Crippen molar-refractivity contribution in [3.05, 3.63) is 53.6 Å². The normalized spacial score (nSPS) is 10.1. The second-order valence-corrected chi connectivity index (χ2v) is 4.26. The van der Waals surface area contributed by atoms with Gasteiger partial charge < -0.3 is 20.9 Å². The number of nitrogens with one attached hydrogen (secondary N) is 1. The van der Waals surface area contributed by atoms with E-state index in [0.29, 0.717) is 22.7 Å². The SMILES string of the molecule is COc1ccc(C(=O)Nc2ccc(CO)cc2)c(N)c1. The van der Waals surface area contributed by atoms with Crippen LogP contribution in [-0.2, 0) is 6.61 Å². The number of nitrogen functional groups attached to an aromatic ring is 1. The van der Waals surface area contributed by atoms with Gasteiger partial charge in [0.2, 0.25) is 0 Å². The second-order valence-electron chi connectivity index (χ2n) is 4.26. The highest BCUT2D eigenvalue weighted by Gasteiger charge is 2.10. The molecular weight excluding hydrogens is 256 g/mol. The lowest BCUT2D eigenvalue weighted by molar-refractivity contribution is 0.102. The minimum atomic E-state index is -0.290. The third-order valence-corrected chi connectivity index (χ3v) is 2.90. The third-order valence-electron chi connectivity index (χ3n) is 2.90. The van der Waals surface area contributed by atoms with Crippen molar-refractivity contribution < 1.29 is 14.6 Å². The van der Waals surface area contributed by atoms with Crippen LogP contribution in [0.5, 0.6) is 5.75 Å². The molecule has 2 aromatic rings. The Hall–Kier alpha value is -2.53. The van der Waals surface area contributed by atoms with Crippen molar-refractivity contribution in [1.29, 1.82) is 0 Å². The maximum absolute atomic E-state index is 12.1. The highest BCUT2D eigenvalue weighted by atomic mass is 16.5. The average Bonchev–Trinajstić information content (AvgIpc) is 2.47. The molecule has 4 N–H and O–H groups in total. The highest BCUT2D eigenvalue weighted by Crippen LogP contribution is 2.21. The number of rotatable bonds is 4. The van der Waals surface area contributed by atoms with Gasteiger partial charge in [-0.3, -0.25) is 4.79 Å². The van der Waals surface area contributed by atoms with E-state index in [1.807, 2.05) is 0 Å². The molecule has 0 aliphatic rings. The maximum Gasteiger partial charge on any atom is 0.257 e. The number of hydrogen-bond donors (Lipinski definition) is 3. The van der Waals surface area contributed by atoms with Crippen LogP contribution in [0.3, 0.4) is 0 Å². The minimum absolute atomic E-state index is 0.0281. The molecule has 0 unspecified atom stereocenters. The Morgan fingerprint density at radius 3 is 2.50 bits per heavy atom. The molecule has 20 heavy (non-hydrogen) atoms. The molecule has 0 atom stereocenters. The summed E-state index contributed by atoms with van der Waals surface area (Å²) in [6.45, 7) is -0.0281. The molecule has 104 valence electrons. The van der Waals surface area contributed by atoms with E-state index in [1.165, 1.54) is 7.11 Å². The minimum Gasteiger partial charge on any atom is -0.497 e. The molecule has 1 amide bonds. The monoisotopic (exact) mass is 272 g/mol. The number of hydrogen-bond acceptors (Lipinski definition) is 4. The van der Waals surface area contributed by atoms with Crippen LogP contribution >= 0.6 is 0 Å². The van der Waals surface area contributed by atoms with E-state index >= 15 is 0 Å². The van der Waals surface area contributed by atoms with Gasteiger partial charge in [-0.2, -0.15) is 0 Å². The molecule has 0 spiro atoms. The van der Waals surface area contributed by atoms with E-state index < -0.39 is 0 Å². The molecule has 0 bridgehead atoms. The number of methoxy groups -OCH3 is 1. The van der Waals surface area contributed by atoms with Crippen molar-refractivity contribution in [3.63, 3.8) is 0 Å². The van der Waals surface area contributed by atoms with Gasteiger partial charge in [-0.05, 0) is 29.8 Å². The van der Waals surface area contributed by atoms with Crippen LogP contribution in [0, 0.1) is 0 Å². The molecule has 2 rings (SSSR count). The standard InChI is InChI=1S/C15H16N2O3/c1-20-12-6-7-13(14(16)8-12)15(19)17-11-4-2-10(9-18)3-5-11/h2-8,18H,9,16H2,1H3,(H,17,19). The highest BCUT2D eigenvalue weighted by molar-refractivity contribution is 6.07. The van der Waals surface area contributed by atoms with Gasteiger partial charge in [-0.1, -0.05) is 12.1 Å². The summed E-state index contributed by atoms with van der Waals surface area (Å²) in [4.78, 5) is 12.1. The number of carbonyl (C=O) groups is 1. The Balaban J connectivity index is 2.14. The summed E-state index contributed by atoms with van der Waals surface area (Å²) in [5.41, 5.74) is 7.99. The van der Waals surface area contributed by atoms with E-state index in [9.17, 15) is 4.79 Å². The van der Waals surface area contributed by atoms with Crippen molar-refractivity contribution in [3.8, 4) is 5.75 Å². The number of anilines is 2. The maximum atomic E-state index is 12.1. The zero-order valence-corrected chi connectivity index (χ0v) is 11.1. The fourth-order valence-corrected chi connectivity index (χ4v) is 1.77. The number of aliphatic hydroxyl groups is 1. The van der Waals surface area contributed by atoms with E-state index in [0.717, 1.165) is 5.56 Å². The smallest absolute Gasteiger partial charge is 0.257 e. The summed E-state index contributed by atoms with van der Waals surface area (Å²) in [5, 5.41) is 11.7. The van der Waals surface area contributed by atoms with Crippen LogP contribution in [0.25, 0.3) is 0 Å². The van der Waals surface area contributed by atoms with Gasteiger partial charge in [-0.25, -0.2) is 0 Å². The molecule has 0 aromatic heterocycles. The molecule has 5 heteroatoms. The number of ether oxygens (including phenoxy) is 1. The lowest BCUT2D eigenvalue weighted by atomic mass is 10.1. The Bertz CT molecular complexity index is 609. The van der Waals surface area contributed by atoms with Gasteiger partial charge in [0.1, 0.15) is 5.75 Å². The topological polar surface area (TPSA) is 84.6 Å². The first-order chi connectivity index (χ1) is 9.63. The lowest BCUT2D eigenvalue weighted by Crippen LogP contribution is -2.14. The number of benzene rings is 2. The molecule has 0 saturated carbocycles. The fourth-order valence-electron chi connectivity index (χ4n) is 1.77. The summed E-state index contributed by atoms with van der Waals surface area (Å²) in [6.07, 6.45) is 0. The number of nitrogens with two attached hydrogens (primary N) is 1. The molecular formula is C15H16N2O3. The Kier molecular flexibility index (Phi) is 4.22. The van der Waals surface area contributed by atoms with Crippen LogP contribution in [-0.4, -0.2) is 18.1 Å². The Morgan fingerprint density at radius 1 is 1.25 bits per heavy atom. The van der Waals surface area contributed by atoms with Crippen molar-refractivity contribution in [2.24, 2.45) is 0 Å². The predicted octanol–water partition coefficient (Wildman–Crippen LogP) is 2.02. The predicted molar refractivity (Wildman–Crippen MR) is 77.7 cm³/mol. The molecule has 0 aliphatic carbocycles. The average molecular weight is 272 g/mol. The quantitative estimate of drug-likeness (QED) is 0.743. The molecule has 2 aromatic carbocycles. The number of aliphatic hydroxyl groups excluding tert-OH is 1. The van der Waals surface area contributed by atoms with Gasteiger partial charge in [0.25, 0.3) is 5.91 Å². The van der Waals surface area contributed by atoms with E-state index in [4.69, 9.17) is 15.6 Å². The van der Waals surface area contributed by atoms with Gasteiger partial charge in [-0.15, -0.1) is 0 Å². The zero-order valence-electron chi connectivity index (χ0n) is 11.1. The van der Waals surface area contributed by atoms with E-state index in [-0.39, 0.29) is 12.5 Å². The van der Waals surface area contributed by atoms with Gasteiger partial charge in [0, 0.05) is 17.4 Å². The number of amides is 1. The largest absolute Gasteiger partial charge is 0.497 e. The summed E-state index contributed by atoms with van der Waals surface area (Å²) in [7, 11) is 1.54. The van der Waals surface area contributed by atoms with Gasteiger partial charge in [0.15, 0.2) is 0 Å². The van der Waals surface area contributed by atoms with Crippen molar-refractivity contribution in [2.75, 3.05) is 18.2 Å². The van der Waals surface area contributed by atoms with Crippen LogP contribution in [0.2, 0.25) is 0 Å². The van der Waals surface area contributed by atoms with Gasteiger partial charge in [0.05, 0.1) is 19.3 Å². The van der Waals surface area contributed by atoms with Crippen molar-refractivity contribution in [1.82, 2.24) is 0 Å². The first-order valence-corrected chi connectivity index (χ1v) is 6.08. The van der Waals surface area contributed by atoms with Crippen LogP contribution in [0.4, 0.5) is 11.4 Å². The molecule has 0 radical (unpaired) electrons. The summed E-state index contributed by atoms with van der Waals surface area (Å²) in [5.74, 6) is 0.313. The van der Waals surface area contributed by atoms with Crippen LogP contribution < -0.4 is 15.8 Å². The van der Waals surface area contributed by atoms with Crippen LogP contribution in [0.1, 0.15) is 15.9 Å². The first kappa shape index (κ1) is 13.9. The number of carbonyl (C=O) groups excluding carboxylic acids is 1. The second kappa shape index (κ2) is 6.08. The van der Waals surface area contributed by atoms with E-state index in [1.54, 1.807) is 42.5 Å². The molecule has 0 heterocycles. The third kappa shape index (κ3) is 3.07. The fraction of sp³-hybridized carbons (Fsp3) is 0.133. The molecule has 0 saturated heterocycles. The molecule has 0 aliphatic heterocycles. The first-order valence-electron chi connectivity index (χ1n) is 6.08. The lowest BCUT2D eigenvalue weighted by Gasteiger charge is -2.09. The van der Waals surface area contributed by atoms with Crippen LogP contribution in [0.15, 0.2) is 42.5 Å². The van der Waals surface area contributed by atoms with Gasteiger partial charge >= 0.3 is 0 Å². The summed E-state index contributed by atoms with van der Waals surface area (Å²) in [6, 6.07) is 11.8. The molecule has 5 nitrogen and oxygen atoms in total. The zero-order chi connectivity index (χ0) is 14.5. The molecule has 0 fully saturated rings. The Morgan fingerprint density at radius 2 is 1.95 bits per heavy atom. The van der Waals surface area contributed by atoms with Crippen molar-refractivity contribution in [2.45, 2.75) is 6.61 Å². The van der Waals surface area contributed by atoms with Crippen molar-refractivity contribution >= 4 is 17.3 Å².